The SMILES string of the molecule is COC(=O)CC(O)C(O)c1cccc(C(F)(F)F)n1. The zero-order chi connectivity index (χ0) is 14.6. The Labute approximate surface area is 106 Å². The number of carbonyl (C=O) groups is 1. The summed E-state index contributed by atoms with van der Waals surface area (Å²) in [5.74, 6) is -0.793. The smallest absolute Gasteiger partial charge is 0.433 e. The molecule has 1 heterocycles. The summed E-state index contributed by atoms with van der Waals surface area (Å²) >= 11 is 0. The van der Waals surface area contributed by atoms with E-state index in [1.165, 1.54) is 0 Å². The Bertz CT molecular complexity index is 450. The van der Waals surface area contributed by atoms with Crippen LogP contribution in [-0.4, -0.2) is 34.4 Å². The van der Waals surface area contributed by atoms with Crippen molar-refractivity contribution in [2.75, 3.05) is 7.11 Å². The highest BCUT2D eigenvalue weighted by atomic mass is 19.4. The van der Waals surface area contributed by atoms with Crippen LogP contribution in [0, 0.1) is 0 Å². The molecule has 1 aromatic rings. The first-order valence-electron chi connectivity index (χ1n) is 5.22. The van der Waals surface area contributed by atoms with E-state index in [9.17, 15) is 28.2 Å². The minimum Gasteiger partial charge on any atom is -0.469 e. The van der Waals surface area contributed by atoms with E-state index in [2.05, 4.69) is 9.72 Å². The highest BCUT2D eigenvalue weighted by Gasteiger charge is 2.33. The lowest BCUT2D eigenvalue weighted by Crippen LogP contribution is -2.24. The van der Waals surface area contributed by atoms with E-state index in [-0.39, 0.29) is 5.69 Å². The molecule has 1 aromatic heterocycles. The number of hydrogen-bond donors (Lipinski definition) is 2. The summed E-state index contributed by atoms with van der Waals surface area (Å²) in [6.45, 7) is 0. The summed E-state index contributed by atoms with van der Waals surface area (Å²) in [5, 5.41) is 19.1. The van der Waals surface area contributed by atoms with E-state index >= 15 is 0 Å². The number of nitrogens with zero attached hydrogens (tertiary/aromatic N) is 1. The molecule has 0 fully saturated rings. The number of alkyl halides is 3. The average Bonchev–Trinajstić information content (AvgIpc) is 2.36. The molecule has 0 aliphatic heterocycles. The van der Waals surface area contributed by atoms with Gasteiger partial charge in [-0.2, -0.15) is 13.2 Å². The summed E-state index contributed by atoms with van der Waals surface area (Å²) in [7, 11) is 1.09. The number of rotatable bonds is 4. The minimum atomic E-state index is -4.65. The number of aliphatic hydroxyl groups is 2. The largest absolute Gasteiger partial charge is 0.469 e. The van der Waals surface area contributed by atoms with Crippen molar-refractivity contribution in [1.82, 2.24) is 4.98 Å². The van der Waals surface area contributed by atoms with Crippen LogP contribution < -0.4 is 0 Å². The fourth-order valence-electron chi connectivity index (χ4n) is 1.34. The van der Waals surface area contributed by atoms with Gasteiger partial charge in [0.2, 0.25) is 0 Å². The van der Waals surface area contributed by atoms with Crippen molar-refractivity contribution < 1.29 is 32.9 Å². The number of aromatic nitrogens is 1. The lowest BCUT2D eigenvalue weighted by atomic mass is 10.1. The molecule has 0 saturated carbocycles. The number of pyridine rings is 1. The predicted molar refractivity (Wildman–Crippen MR) is 56.8 cm³/mol. The number of carbonyl (C=O) groups excluding carboxylic acids is 1. The first-order valence-corrected chi connectivity index (χ1v) is 5.22. The average molecular weight is 279 g/mol. The van der Waals surface area contributed by atoms with Crippen molar-refractivity contribution in [3.8, 4) is 0 Å². The molecule has 0 aromatic carbocycles. The highest BCUT2D eigenvalue weighted by Crippen LogP contribution is 2.29. The van der Waals surface area contributed by atoms with Crippen LogP contribution in [0.25, 0.3) is 0 Å². The molecule has 19 heavy (non-hydrogen) atoms. The second kappa shape index (κ2) is 5.98. The van der Waals surface area contributed by atoms with Crippen LogP contribution in [0.2, 0.25) is 0 Å². The third kappa shape index (κ3) is 4.18. The van der Waals surface area contributed by atoms with Crippen molar-refractivity contribution in [3.05, 3.63) is 29.6 Å². The van der Waals surface area contributed by atoms with Gasteiger partial charge in [0.15, 0.2) is 0 Å². The van der Waals surface area contributed by atoms with E-state index in [0.717, 1.165) is 25.3 Å². The van der Waals surface area contributed by atoms with Gasteiger partial charge in [-0.3, -0.25) is 4.79 Å². The molecule has 0 amide bonds. The number of aliphatic hydroxyl groups excluding tert-OH is 2. The molecule has 5 nitrogen and oxygen atoms in total. The molecular formula is C11H12F3NO4. The molecule has 2 unspecified atom stereocenters. The van der Waals surface area contributed by atoms with Crippen molar-refractivity contribution in [2.24, 2.45) is 0 Å². The normalized spacial score (nSPS) is 14.8. The molecule has 2 atom stereocenters. The molecular weight excluding hydrogens is 267 g/mol. The predicted octanol–water partition coefficient (Wildman–Crippen LogP) is 1.06. The van der Waals surface area contributed by atoms with Crippen LogP contribution in [0.1, 0.15) is 23.9 Å². The number of ether oxygens (including phenoxy) is 1. The highest BCUT2D eigenvalue weighted by molar-refractivity contribution is 5.69. The van der Waals surface area contributed by atoms with E-state index in [1.807, 2.05) is 0 Å². The van der Waals surface area contributed by atoms with Gasteiger partial charge in [-0.1, -0.05) is 6.07 Å². The second-order valence-electron chi connectivity index (χ2n) is 3.74. The zero-order valence-electron chi connectivity index (χ0n) is 9.89. The van der Waals surface area contributed by atoms with Gasteiger partial charge in [0.25, 0.3) is 0 Å². The number of hydrogen-bond acceptors (Lipinski definition) is 5. The van der Waals surface area contributed by atoms with Gasteiger partial charge < -0.3 is 14.9 Å². The molecule has 0 aliphatic carbocycles. The Kier molecular flexibility index (Phi) is 4.84. The number of halogens is 3. The Morgan fingerprint density at radius 1 is 1.42 bits per heavy atom. The summed E-state index contributed by atoms with van der Waals surface area (Å²) in [5.41, 5.74) is -1.56. The first kappa shape index (κ1) is 15.4. The fraction of sp³-hybridized carbons (Fsp3) is 0.455. The summed E-state index contributed by atoms with van der Waals surface area (Å²) in [6.07, 6.45) is -8.50. The quantitative estimate of drug-likeness (QED) is 0.806. The molecule has 1 rings (SSSR count). The topological polar surface area (TPSA) is 79.7 Å². The third-order valence-corrected chi connectivity index (χ3v) is 2.33. The van der Waals surface area contributed by atoms with Crippen molar-refractivity contribution in [1.29, 1.82) is 0 Å². The van der Waals surface area contributed by atoms with E-state index in [1.54, 1.807) is 0 Å². The maximum atomic E-state index is 12.4. The van der Waals surface area contributed by atoms with Crippen LogP contribution in [0.4, 0.5) is 13.2 Å². The molecule has 2 N–H and O–H groups in total. The maximum Gasteiger partial charge on any atom is 0.433 e. The Morgan fingerprint density at radius 2 is 2.05 bits per heavy atom. The molecule has 0 spiro atoms. The second-order valence-corrected chi connectivity index (χ2v) is 3.74. The maximum absolute atomic E-state index is 12.4. The number of esters is 1. The minimum absolute atomic E-state index is 0.369. The standard InChI is InChI=1S/C11H12F3NO4/c1-19-9(17)5-7(16)10(18)6-3-2-4-8(15-6)11(12,13)14/h2-4,7,10,16,18H,5H2,1H3. The first-order chi connectivity index (χ1) is 8.75. The van der Waals surface area contributed by atoms with Gasteiger partial charge in [-0.15, -0.1) is 0 Å². The van der Waals surface area contributed by atoms with Crippen LogP contribution in [0.15, 0.2) is 18.2 Å². The molecule has 0 saturated heterocycles. The molecule has 0 aliphatic rings. The summed E-state index contributed by atoms with van der Waals surface area (Å²) < 4.78 is 41.5. The van der Waals surface area contributed by atoms with Gasteiger partial charge in [0.1, 0.15) is 11.8 Å². The zero-order valence-corrected chi connectivity index (χ0v) is 9.89. The van der Waals surface area contributed by atoms with E-state index < -0.39 is 36.5 Å². The van der Waals surface area contributed by atoms with Crippen molar-refractivity contribution >= 4 is 5.97 Å². The van der Waals surface area contributed by atoms with Gasteiger partial charge >= 0.3 is 12.1 Å². The van der Waals surface area contributed by atoms with Gasteiger partial charge in [-0.25, -0.2) is 4.98 Å². The monoisotopic (exact) mass is 279 g/mol. The Balaban J connectivity index is 2.88. The van der Waals surface area contributed by atoms with Gasteiger partial charge in [-0.05, 0) is 12.1 Å². The van der Waals surface area contributed by atoms with Gasteiger partial charge in [0, 0.05) is 0 Å². The van der Waals surface area contributed by atoms with E-state index in [0.29, 0.717) is 0 Å². The van der Waals surface area contributed by atoms with Crippen LogP contribution in [0.5, 0.6) is 0 Å². The molecule has 106 valence electrons. The lowest BCUT2D eigenvalue weighted by Gasteiger charge is -2.17. The molecule has 8 heteroatoms. The van der Waals surface area contributed by atoms with Crippen LogP contribution in [-0.2, 0) is 15.7 Å². The van der Waals surface area contributed by atoms with Crippen LogP contribution in [0.3, 0.4) is 0 Å². The Morgan fingerprint density at radius 3 is 2.58 bits per heavy atom. The fourth-order valence-corrected chi connectivity index (χ4v) is 1.34. The molecule has 0 radical (unpaired) electrons. The van der Waals surface area contributed by atoms with Gasteiger partial charge in [0.05, 0.1) is 25.3 Å². The van der Waals surface area contributed by atoms with Crippen molar-refractivity contribution in [3.63, 3.8) is 0 Å². The summed E-state index contributed by atoms with van der Waals surface area (Å²) in [4.78, 5) is 14.1. The van der Waals surface area contributed by atoms with E-state index in [4.69, 9.17) is 0 Å². The summed E-state index contributed by atoms with van der Waals surface area (Å²) in [6, 6.07) is 2.92. The lowest BCUT2D eigenvalue weighted by molar-refractivity contribution is -0.145. The van der Waals surface area contributed by atoms with Crippen LogP contribution >= 0.6 is 0 Å². The third-order valence-electron chi connectivity index (χ3n) is 2.33. The van der Waals surface area contributed by atoms with Crippen molar-refractivity contribution in [2.45, 2.75) is 24.8 Å². The Hall–Kier alpha value is -1.67. The molecule has 0 bridgehead atoms. The number of methoxy groups -OCH3 is 1.